The molecule has 0 saturated heterocycles. The molecule has 0 unspecified atom stereocenters. The molecule has 25 heavy (non-hydrogen) atoms. The van der Waals surface area contributed by atoms with Crippen molar-refractivity contribution in [2.45, 2.75) is 96.3 Å². The molecule has 0 spiro atoms. The van der Waals surface area contributed by atoms with Gasteiger partial charge in [-0.1, -0.05) is 82.8 Å². The first-order valence-electron chi connectivity index (χ1n) is 9.86. The lowest BCUT2D eigenvalue weighted by atomic mass is 10.0. The zero-order valence-corrected chi connectivity index (χ0v) is 17.3. The Balaban J connectivity index is 3.09. The van der Waals surface area contributed by atoms with E-state index in [1.54, 1.807) is 12.4 Å². The normalized spacial score (nSPS) is 10.9. The van der Waals surface area contributed by atoms with Crippen LogP contribution < -0.4 is 0 Å². The summed E-state index contributed by atoms with van der Waals surface area (Å²) in [5.41, 5.74) is 0. The molecule has 0 aliphatic rings. The van der Waals surface area contributed by atoms with Gasteiger partial charge in [0.05, 0.1) is 10.3 Å². The van der Waals surface area contributed by atoms with Crippen molar-refractivity contribution in [3.8, 4) is 0 Å². The van der Waals surface area contributed by atoms with Crippen LogP contribution in [0, 0.1) is 0 Å². The van der Waals surface area contributed by atoms with Crippen LogP contribution in [0.15, 0.2) is 34.5 Å². The summed E-state index contributed by atoms with van der Waals surface area (Å²) >= 11 is 9.00. The van der Waals surface area contributed by atoms with Gasteiger partial charge in [0.15, 0.2) is 0 Å². The van der Waals surface area contributed by atoms with Gasteiger partial charge in [-0.15, -0.1) is 0 Å². The van der Waals surface area contributed by atoms with Gasteiger partial charge in [-0.05, 0) is 50.1 Å². The monoisotopic (exact) mass is 378 g/mol. The molecular formula is C21H34N2S2. The molecule has 0 aromatic carbocycles. The summed E-state index contributed by atoms with van der Waals surface area (Å²) in [7, 11) is 0. The topological polar surface area (TPSA) is 24.7 Å². The van der Waals surface area contributed by atoms with E-state index in [0.29, 0.717) is 0 Å². The van der Waals surface area contributed by atoms with E-state index in [2.05, 4.69) is 56.9 Å². The van der Waals surface area contributed by atoms with Crippen LogP contribution in [0.5, 0.6) is 0 Å². The van der Waals surface area contributed by atoms with Gasteiger partial charge >= 0.3 is 0 Å². The van der Waals surface area contributed by atoms with Gasteiger partial charge in [0.25, 0.3) is 0 Å². The highest BCUT2D eigenvalue weighted by atomic mass is 32.1. The van der Waals surface area contributed by atoms with Crippen LogP contribution >= 0.6 is 24.4 Å². The van der Waals surface area contributed by atoms with Crippen LogP contribution in [0.1, 0.15) is 96.3 Å². The smallest absolute Gasteiger partial charge is 0.0634 e. The van der Waals surface area contributed by atoms with Crippen LogP contribution in [0.3, 0.4) is 0 Å². The Hall–Kier alpha value is -0.920. The zero-order valence-electron chi connectivity index (χ0n) is 15.6. The number of hydrogen-bond donors (Lipinski definition) is 0. The molecular weight excluding hydrogens is 344 g/mol. The van der Waals surface area contributed by atoms with E-state index in [1.807, 2.05) is 0 Å². The van der Waals surface area contributed by atoms with Gasteiger partial charge < -0.3 is 0 Å². The summed E-state index contributed by atoms with van der Waals surface area (Å²) in [6.07, 6.45) is 27.6. The number of hydrogen-bond acceptors (Lipinski definition) is 4. The molecule has 0 bridgehead atoms. The second-order valence-corrected chi connectivity index (χ2v) is 6.75. The summed E-state index contributed by atoms with van der Waals surface area (Å²) in [4.78, 5) is 7.52. The number of allylic oxidation sites excluding steroid dienone is 2. The third-order valence-electron chi connectivity index (χ3n) is 4.21. The third kappa shape index (κ3) is 23.1. The van der Waals surface area contributed by atoms with Gasteiger partial charge in [0.2, 0.25) is 0 Å². The molecule has 0 fully saturated rings. The van der Waals surface area contributed by atoms with Gasteiger partial charge in [-0.25, -0.2) is 9.98 Å². The Morgan fingerprint density at radius 2 is 0.760 bits per heavy atom. The van der Waals surface area contributed by atoms with Crippen molar-refractivity contribution in [1.82, 2.24) is 0 Å². The molecule has 2 nitrogen and oxygen atoms in total. The average molecular weight is 379 g/mol. The van der Waals surface area contributed by atoms with Crippen molar-refractivity contribution in [2.24, 2.45) is 9.98 Å². The molecule has 0 aliphatic carbocycles. The van der Waals surface area contributed by atoms with E-state index in [0.717, 1.165) is 12.8 Å². The lowest BCUT2D eigenvalue weighted by Crippen LogP contribution is -1.83. The standard InChI is InChI=1S/C21H34N2S2/c24-20-22-18-16-14-12-10-8-6-4-2-1-3-5-7-9-11-13-15-17-19-23-21-25/h16-19H,1-15H2/b18-16-,19-17-. The molecule has 140 valence electrons. The number of unbranched alkanes of at least 4 members (excludes halogenated alkanes) is 14. The Morgan fingerprint density at radius 3 is 1.04 bits per heavy atom. The van der Waals surface area contributed by atoms with Crippen molar-refractivity contribution >= 4 is 34.8 Å². The highest BCUT2D eigenvalue weighted by Gasteiger charge is 1.93. The van der Waals surface area contributed by atoms with Gasteiger partial charge in [-0.2, -0.15) is 0 Å². The third-order valence-corrected chi connectivity index (χ3v) is 4.42. The quantitative estimate of drug-likeness (QED) is 0.137. The second-order valence-electron chi connectivity index (χ2n) is 6.38. The fourth-order valence-corrected chi connectivity index (χ4v) is 2.91. The average Bonchev–Trinajstić information content (AvgIpc) is 2.63. The molecule has 0 aliphatic heterocycles. The molecule has 0 atom stereocenters. The van der Waals surface area contributed by atoms with E-state index in [9.17, 15) is 0 Å². The maximum absolute atomic E-state index is 4.50. The highest BCUT2D eigenvalue weighted by molar-refractivity contribution is 7.78. The summed E-state index contributed by atoms with van der Waals surface area (Å²) in [5.74, 6) is 0. The second kappa shape index (κ2) is 23.1. The summed E-state index contributed by atoms with van der Waals surface area (Å²) in [6, 6.07) is 0. The SMILES string of the molecule is S=C=N/C=C\CCCCCCCCCCCCCCC/C=C\N=C=S. The van der Waals surface area contributed by atoms with Crippen LogP contribution in [0.4, 0.5) is 0 Å². The minimum atomic E-state index is 1.11. The fraction of sp³-hybridized carbons (Fsp3) is 0.714. The number of aliphatic imine (C=N–C) groups is 2. The molecule has 0 N–H and O–H groups in total. The van der Waals surface area contributed by atoms with E-state index in [4.69, 9.17) is 0 Å². The molecule has 0 rings (SSSR count). The van der Waals surface area contributed by atoms with E-state index >= 15 is 0 Å². The summed E-state index contributed by atoms with van der Waals surface area (Å²) < 4.78 is 0. The first kappa shape index (κ1) is 24.1. The number of rotatable bonds is 18. The highest BCUT2D eigenvalue weighted by Crippen LogP contribution is 2.13. The van der Waals surface area contributed by atoms with Crippen LogP contribution in [0.2, 0.25) is 0 Å². The maximum Gasteiger partial charge on any atom is 0.0634 e. The molecule has 4 heteroatoms. The molecule has 0 saturated carbocycles. The van der Waals surface area contributed by atoms with Gasteiger partial charge in [0.1, 0.15) is 0 Å². The number of thiocarbonyl (C=S) groups is 2. The van der Waals surface area contributed by atoms with E-state index in [-0.39, 0.29) is 0 Å². The largest absolute Gasteiger partial charge is 0.203 e. The Kier molecular flexibility index (Phi) is 22.2. The predicted molar refractivity (Wildman–Crippen MR) is 118 cm³/mol. The van der Waals surface area contributed by atoms with E-state index in [1.165, 1.54) is 83.5 Å². The van der Waals surface area contributed by atoms with Gasteiger partial charge in [-0.3, -0.25) is 0 Å². The minimum absolute atomic E-state index is 1.11. The van der Waals surface area contributed by atoms with E-state index < -0.39 is 0 Å². The Morgan fingerprint density at radius 1 is 0.480 bits per heavy atom. The Bertz CT molecular complexity index is 391. The van der Waals surface area contributed by atoms with Crippen molar-refractivity contribution in [2.75, 3.05) is 0 Å². The van der Waals surface area contributed by atoms with Crippen molar-refractivity contribution in [3.63, 3.8) is 0 Å². The molecule has 0 aromatic rings. The maximum atomic E-state index is 4.50. The lowest BCUT2D eigenvalue weighted by molar-refractivity contribution is 0.538. The van der Waals surface area contributed by atoms with Crippen molar-refractivity contribution in [3.05, 3.63) is 24.6 Å². The van der Waals surface area contributed by atoms with Gasteiger partial charge in [0, 0.05) is 12.4 Å². The minimum Gasteiger partial charge on any atom is -0.203 e. The summed E-state index contributed by atoms with van der Waals surface area (Å²) in [5, 5.41) is 4.68. The Labute approximate surface area is 165 Å². The van der Waals surface area contributed by atoms with Crippen molar-refractivity contribution in [1.29, 1.82) is 0 Å². The lowest BCUT2D eigenvalue weighted by Gasteiger charge is -2.02. The molecule has 0 radical (unpaired) electrons. The number of isothiocyanates is 2. The molecule has 0 aromatic heterocycles. The van der Waals surface area contributed by atoms with Crippen LogP contribution in [-0.4, -0.2) is 10.3 Å². The number of nitrogens with zero attached hydrogens (tertiary/aromatic N) is 2. The fourth-order valence-electron chi connectivity index (χ4n) is 2.78. The van der Waals surface area contributed by atoms with Crippen LogP contribution in [0.25, 0.3) is 0 Å². The first-order valence-corrected chi connectivity index (χ1v) is 10.7. The molecule has 0 amide bonds. The zero-order chi connectivity index (χ0) is 18.3. The van der Waals surface area contributed by atoms with Crippen LogP contribution in [-0.2, 0) is 0 Å². The first-order chi connectivity index (χ1) is 12.4. The summed E-state index contributed by atoms with van der Waals surface area (Å²) in [6.45, 7) is 0. The molecule has 0 heterocycles. The van der Waals surface area contributed by atoms with Crippen molar-refractivity contribution < 1.29 is 0 Å². The predicted octanol–water partition coefficient (Wildman–Crippen LogP) is 8.07.